The van der Waals surface area contributed by atoms with Gasteiger partial charge in [-0.3, -0.25) is 9.69 Å². The lowest BCUT2D eigenvalue weighted by atomic mass is 10.1. The van der Waals surface area contributed by atoms with Gasteiger partial charge in [0, 0.05) is 56.3 Å². The zero-order chi connectivity index (χ0) is 22.1. The minimum atomic E-state index is 0.0181. The molecule has 0 aliphatic carbocycles. The first kappa shape index (κ1) is 20.7. The zero-order valence-electron chi connectivity index (χ0n) is 18.5. The Morgan fingerprint density at radius 2 is 1.91 bits per heavy atom. The number of piperazine rings is 1. The Balaban J connectivity index is 1.17. The van der Waals surface area contributed by atoms with E-state index >= 15 is 0 Å². The molecule has 2 aromatic carbocycles. The van der Waals surface area contributed by atoms with E-state index in [0.717, 1.165) is 60.2 Å². The second kappa shape index (κ2) is 8.74. The Kier molecular flexibility index (Phi) is 5.66. The average Bonchev–Trinajstić information content (AvgIpc) is 3.41. The van der Waals surface area contributed by atoms with Gasteiger partial charge in [-0.25, -0.2) is 0 Å². The van der Waals surface area contributed by atoms with E-state index in [0.29, 0.717) is 13.1 Å². The summed E-state index contributed by atoms with van der Waals surface area (Å²) in [5, 5.41) is 0. The largest absolute Gasteiger partial charge is 0.496 e. The number of carbonyl (C=O) groups excluding carboxylic acids is 1. The first-order chi connectivity index (χ1) is 15.6. The third kappa shape index (κ3) is 4.25. The lowest BCUT2D eigenvalue weighted by molar-refractivity contribution is -0.127. The third-order valence-electron chi connectivity index (χ3n) is 6.18. The Labute approximate surface area is 188 Å². The number of hydrogen-bond acceptors (Lipinski definition) is 6. The van der Waals surface area contributed by atoms with Crippen LogP contribution in [0.2, 0.25) is 0 Å². The number of benzene rings is 2. The van der Waals surface area contributed by atoms with Gasteiger partial charge in [0.05, 0.1) is 7.11 Å². The van der Waals surface area contributed by atoms with Crippen LogP contribution in [0, 0.1) is 0 Å². The summed E-state index contributed by atoms with van der Waals surface area (Å²) in [5.74, 6) is 3.27. The predicted octanol–water partition coefficient (Wildman–Crippen LogP) is 3.10. The maximum Gasteiger partial charge on any atom is 0.246 e. The zero-order valence-corrected chi connectivity index (χ0v) is 18.5. The van der Waals surface area contributed by atoms with Crippen molar-refractivity contribution in [2.45, 2.75) is 26.0 Å². The molecule has 0 unspecified atom stereocenters. The molecule has 0 spiro atoms. The normalized spacial score (nSPS) is 19.8. The van der Waals surface area contributed by atoms with Crippen LogP contribution in [0.1, 0.15) is 23.6 Å². The van der Waals surface area contributed by atoms with Gasteiger partial charge in [-0.2, -0.15) is 0 Å². The van der Waals surface area contributed by atoms with E-state index in [9.17, 15) is 4.79 Å². The van der Waals surface area contributed by atoms with Gasteiger partial charge in [0.1, 0.15) is 17.6 Å². The fourth-order valence-corrected chi connectivity index (χ4v) is 4.45. The molecule has 7 heteroatoms. The van der Waals surface area contributed by atoms with Crippen LogP contribution in [-0.4, -0.2) is 61.9 Å². The highest BCUT2D eigenvalue weighted by molar-refractivity contribution is 5.92. The van der Waals surface area contributed by atoms with Crippen molar-refractivity contribution >= 4 is 12.0 Å². The van der Waals surface area contributed by atoms with Gasteiger partial charge in [0.25, 0.3) is 0 Å². The number of nitrogens with zero attached hydrogens (tertiary/aromatic N) is 2. The molecular formula is C25H28N2O5. The minimum Gasteiger partial charge on any atom is -0.496 e. The molecule has 1 atom stereocenters. The Morgan fingerprint density at radius 3 is 2.72 bits per heavy atom. The molecule has 32 heavy (non-hydrogen) atoms. The number of amides is 1. The quantitative estimate of drug-likeness (QED) is 0.672. The smallest absolute Gasteiger partial charge is 0.246 e. The van der Waals surface area contributed by atoms with Crippen molar-refractivity contribution in [1.82, 2.24) is 9.80 Å². The number of carbonyl (C=O) groups is 1. The van der Waals surface area contributed by atoms with E-state index in [1.165, 1.54) is 5.56 Å². The molecule has 0 bridgehead atoms. The molecule has 168 valence electrons. The van der Waals surface area contributed by atoms with Crippen LogP contribution >= 0.6 is 0 Å². The number of hydrogen-bond donors (Lipinski definition) is 0. The predicted molar refractivity (Wildman–Crippen MR) is 120 cm³/mol. The molecule has 1 saturated heterocycles. The summed E-state index contributed by atoms with van der Waals surface area (Å²) in [5.41, 5.74) is 3.20. The Bertz CT molecular complexity index is 1040. The minimum absolute atomic E-state index is 0.0181. The van der Waals surface area contributed by atoms with Gasteiger partial charge in [0.2, 0.25) is 12.7 Å². The fourth-order valence-electron chi connectivity index (χ4n) is 4.45. The van der Waals surface area contributed by atoms with E-state index in [-0.39, 0.29) is 18.8 Å². The maximum absolute atomic E-state index is 12.8. The van der Waals surface area contributed by atoms with Crippen molar-refractivity contribution in [1.29, 1.82) is 0 Å². The summed E-state index contributed by atoms with van der Waals surface area (Å²) in [6, 6.07) is 10.0. The first-order valence-corrected chi connectivity index (χ1v) is 11.0. The SMILES string of the molecule is COc1cc2c(cc1/C=C/C(=O)N1CCN(Cc3ccc4c(c3)OCO4)CC1)O[C@H](C)C2. The van der Waals surface area contributed by atoms with Crippen LogP contribution in [-0.2, 0) is 17.8 Å². The molecule has 1 amide bonds. The summed E-state index contributed by atoms with van der Waals surface area (Å²) in [7, 11) is 1.65. The van der Waals surface area contributed by atoms with Crippen molar-refractivity contribution < 1.29 is 23.7 Å². The second-order valence-corrected chi connectivity index (χ2v) is 8.46. The molecule has 3 aliphatic heterocycles. The molecule has 0 radical (unpaired) electrons. The monoisotopic (exact) mass is 436 g/mol. The van der Waals surface area contributed by atoms with Crippen molar-refractivity contribution in [3.8, 4) is 23.0 Å². The Morgan fingerprint density at radius 1 is 1.09 bits per heavy atom. The number of rotatable bonds is 5. The van der Waals surface area contributed by atoms with Crippen LogP contribution in [0.5, 0.6) is 23.0 Å². The summed E-state index contributed by atoms with van der Waals surface area (Å²) >= 11 is 0. The van der Waals surface area contributed by atoms with Gasteiger partial charge in [-0.15, -0.1) is 0 Å². The van der Waals surface area contributed by atoms with E-state index in [1.807, 2.05) is 35.2 Å². The summed E-state index contributed by atoms with van der Waals surface area (Å²) < 4.78 is 22.2. The number of methoxy groups -OCH3 is 1. The van der Waals surface area contributed by atoms with Gasteiger partial charge in [-0.05, 0) is 42.8 Å². The summed E-state index contributed by atoms with van der Waals surface area (Å²) in [6.07, 6.45) is 4.51. The lowest BCUT2D eigenvalue weighted by Gasteiger charge is -2.34. The molecule has 0 saturated carbocycles. The van der Waals surface area contributed by atoms with Gasteiger partial charge in [0.15, 0.2) is 11.5 Å². The van der Waals surface area contributed by atoms with E-state index in [2.05, 4.69) is 17.9 Å². The van der Waals surface area contributed by atoms with Gasteiger partial charge < -0.3 is 23.8 Å². The van der Waals surface area contributed by atoms with E-state index in [4.69, 9.17) is 18.9 Å². The third-order valence-corrected chi connectivity index (χ3v) is 6.18. The van der Waals surface area contributed by atoms with Crippen LogP contribution in [0.4, 0.5) is 0 Å². The van der Waals surface area contributed by atoms with Crippen molar-refractivity contribution in [2.24, 2.45) is 0 Å². The molecule has 0 N–H and O–H groups in total. The summed E-state index contributed by atoms with van der Waals surface area (Å²) in [4.78, 5) is 17.0. The molecular weight excluding hydrogens is 408 g/mol. The Hall–Kier alpha value is -3.19. The van der Waals surface area contributed by atoms with Crippen LogP contribution in [0.15, 0.2) is 36.4 Å². The topological polar surface area (TPSA) is 60.5 Å². The van der Waals surface area contributed by atoms with Crippen molar-refractivity contribution in [2.75, 3.05) is 40.1 Å². The fraction of sp³-hybridized carbons (Fsp3) is 0.400. The van der Waals surface area contributed by atoms with Crippen LogP contribution < -0.4 is 18.9 Å². The van der Waals surface area contributed by atoms with Crippen LogP contribution in [0.3, 0.4) is 0 Å². The maximum atomic E-state index is 12.8. The van der Waals surface area contributed by atoms with Gasteiger partial charge in [-0.1, -0.05) is 6.07 Å². The lowest BCUT2D eigenvalue weighted by Crippen LogP contribution is -2.47. The highest BCUT2D eigenvalue weighted by atomic mass is 16.7. The summed E-state index contributed by atoms with van der Waals surface area (Å²) in [6.45, 7) is 6.25. The molecule has 3 aliphatic rings. The number of ether oxygens (including phenoxy) is 4. The van der Waals surface area contributed by atoms with E-state index in [1.54, 1.807) is 13.2 Å². The standard InChI is InChI=1S/C25H28N2O5/c1-17-11-20-14-22(29-2)19(13-23(20)32-17)4-6-25(28)27-9-7-26(8-10-27)15-18-3-5-21-24(12-18)31-16-30-21/h3-6,12-14,17H,7-11,15-16H2,1-2H3/b6-4+/t17-/m1/s1. The average molecular weight is 437 g/mol. The van der Waals surface area contributed by atoms with Crippen molar-refractivity contribution in [3.63, 3.8) is 0 Å². The number of fused-ring (bicyclic) bond motifs is 2. The van der Waals surface area contributed by atoms with Gasteiger partial charge >= 0.3 is 0 Å². The van der Waals surface area contributed by atoms with Crippen LogP contribution in [0.25, 0.3) is 6.08 Å². The van der Waals surface area contributed by atoms with Crippen molar-refractivity contribution in [3.05, 3.63) is 53.1 Å². The molecule has 3 heterocycles. The first-order valence-electron chi connectivity index (χ1n) is 11.0. The van der Waals surface area contributed by atoms with E-state index < -0.39 is 0 Å². The second-order valence-electron chi connectivity index (χ2n) is 8.46. The molecule has 2 aromatic rings. The molecule has 7 nitrogen and oxygen atoms in total. The highest BCUT2D eigenvalue weighted by Crippen LogP contribution is 2.36. The molecule has 5 rings (SSSR count). The molecule has 0 aromatic heterocycles. The molecule has 1 fully saturated rings. The highest BCUT2D eigenvalue weighted by Gasteiger charge is 2.23.